The van der Waals surface area contributed by atoms with E-state index < -0.39 is 0 Å². The highest BCUT2D eigenvalue weighted by atomic mass is 16.5. The lowest BCUT2D eigenvalue weighted by Crippen LogP contribution is -2.41. The fourth-order valence-electron chi connectivity index (χ4n) is 3.27. The average molecular weight is 360 g/mol. The number of benzene rings is 1. The van der Waals surface area contributed by atoms with E-state index in [1.807, 2.05) is 6.21 Å². The molecule has 0 bridgehead atoms. The number of hydrogen-bond acceptors (Lipinski definition) is 6. The van der Waals surface area contributed by atoms with Crippen LogP contribution in [0.1, 0.15) is 17.5 Å². The third-order valence-electron chi connectivity index (χ3n) is 5.09. The quantitative estimate of drug-likeness (QED) is 0.556. The molecule has 0 atom stereocenters. The molecule has 2 fully saturated rings. The Morgan fingerprint density at radius 3 is 2.50 bits per heavy atom. The zero-order valence-corrected chi connectivity index (χ0v) is 16.1. The third-order valence-corrected chi connectivity index (χ3v) is 5.09. The molecular weight excluding hydrogens is 326 g/mol. The van der Waals surface area contributed by atoms with Crippen molar-refractivity contribution >= 4 is 6.21 Å². The minimum Gasteiger partial charge on any atom is -0.379 e. The van der Waals surface area contributed by atoms with Gasteiger partial charge in [0.1, 0.15) is 0 Å². The first-order valence-electron chi connectivity index (χ1n) is 9.87. The number of ether oxygens (including phenoxy) is 1. The number of nitrogens with one attached hydrogen (secondary N) is 1. The molecule has 2 heterocycles. The lowest BCUT2D eigenvalue weighted by molar-refractivity contribution is 0.0374. The fraction of sp³-hybridized carbons (Fsp3) is 0.650. The molecule has 6 heteroatoms. The van der Waals surface area contributed by atoms with E-state index in [9.17, 15) is 0 Å². The van der Waals surface area contributed by atoms with Gasteiger partial charge in [0.2, 0.25) is 0 Å². The first kappa shape index (κ1) is 19.3. The first-order chi connectivity index (χ1) is 12.8. The van der Waals surface area contributed by atoms with Crippen LogP contribution < -0.4 is 5.32 Å². The normalized spacial score (nSPS) is 20.1. The van der Waals surface area contributed by atoms with Gasteiger partial charge in [0, 0.05) is 45.8 Å². The van der Waals surface area contributed by atoms with Crippen LogP contribution in [0.2, 0.25) is 0 Å². The van der Waals surface area contributed by atoms with Crippen LogP contribution in [0, 0.1) is 0 Å². The number of hydrogen-bond donors (Lipinski definition) is 1. The SMILES string of the molecule is CN1CCN(N=Cc2ccc(CNCCCN3CCOCC3)cc2)CC1. The Hall–Kier alpha value is -1.47. The van der Waals surface area contributed by atoms with Gasteiger partial charge in [-0.1, -0.05) is 24.3 Å². The average Bonchev–Trinajstić information content (AvgIpc) is 2.69. The molecule has 2 saturated heterocycles. The Balaban J connectivity index is 1.31. The van der Waals surface area contributed by atoms with Crippen molar-refractivity contribution in [3.8, 4) is 0 Å². The maximum absolute atomic E-state index is 5.38. The van der Waals surface area contributed by atoms with Gasteiger partial charge in [-0.25, -0.2) is 0 Å². The number of piperazine rings is 1. The predicted molar refractivity (Wildman–Crippen MR) is 107 cm³/mol. The molecule has 1 aromatic rings. The summed E-state index contributed by atoms with van der Waals surface area (Å²) >= 11 is 0. The second kappa shape index (κ2) is 10.6. The maximum atomic E-state index is 5.38. The van der Waals surface area contributed by atoms with Gasteiger partial charge in [-0.3, -0.25) is 9.91 Å². The molecule has 0 unspecified atom stereocenters. The van der Waals surface area contributed by atoms with E-state index >= 15 is 0 Å². The van der Waals surface area contributed by atoms with Crippen molar-refractivity contribution in [2.24, 2.45) is 5.10 Å². The van der Waals surface area contributed by atoms with Gasteiger partial charge < -0.3 is 15.0 Å². The number of hydrazone groups is 1. The lowest BCUT2D eigenvalue weighted by atomic mass is 10.1. The summed E-state index contributed by atoms with van der Waals surface area (Å²) in [7, 11) is 2.16. The summed E-state index contributed by atoms with van der Waals surface area (Å²) in [4.78, 5) is 4.83. The van der Waals surface area contributed by atoms with Gasteiger partial charge in [0.05, 0.1) is 19.4 Å². The van der Waals surface area contributed by atoms with Gasteiger partial charge in [-0.15, -0.1) is 0 Å². The van der Waals surface area contributed by atoms with Crippen molar-refractivity contribution in [3.63, 3.8) is 0 Å². The van der Waals surface area contributed by atoms with Crippen LogP contribution in [-0.2, 0) is 11.3 Å². The summed E-state index contributed by atoms with van der Waals surface area (Å²) in [6.07, 6.45) is 3.17. The van der Waals surface area contributed by atoms with Gasteiger partial charge in [0.15, 0.2) is 0 Å². The molecular formula is C20H33N5O. The molecule has 0 aliphatic carbocycles. The molecule has 0 saturated carbocycles. The zero-order valence-electron chi connectivity index (χ0n) is 16.1. The predicted octanol–water partition coefficient (Wildman–Crippen LogP) is 1.08. The highest BCUT2D eigenvalue weighted by molar-refractivity contribution is 5.79. The van der Waals surface area contributed by atoms with E-state index in [0.29, 0.717) is 0 Å². The van der Waals surface area contributed by atoms with E-state index in [0.717, 1.165) is 72.1 Å². The van der Waals surface area contributed by atoms with E-state index in [-0.39, 0.29) is 0 Å². The second-order valence-electron chi connectivity index (χ2n) is 7.23. The summed E-state index contributed by atoms with van der Waals surface area (Å²) < 4.78 is 5.38. The van der Waals surface area contributed by atoms with Crippen molar-refractivity contribution in [3.05, 3.63) is 35.4 Å². The van der Waals surface area contributed by atoms with Crippen molar-refractivity contribution in [1.82, 2.24) is 20.1 Å². The van der Waals surface area contributed by atoms with E-state index in [2.05, 4.69) is 56.5 Å². The van der Waals surface area contributed by atoms with Gasteiger partial charge in [0.25, 0.3) is 0 Å². The number of likely N-dealkylation sites (N-methyl/N-ethyl adjacent to an activating group) is 1. The first-order valence-corrected chi connectivity index (χ1v) is 9.87. The summed E-state index contributed by atoms with van der Waals surface area (Å²) in [6.45, 7) is 11.3. The molecule has 0 spiro atoms. The largest absolute Gasteiger partial charge is 0.379 e. The van der Waals surface area contributed by atoms with Gasteiger partial charge in [-0.05, 0) is 37.7 Å². The summed E-state index contributed by atoms with van der Waals surface area (Å²) in [5.41, 5.74) is 2.49. The Kier molecular flexibility index (Phi) is 7.88. The van der Waals surface area contributed by atoms with Crippen LogP contribution in [0.15, 0.2) is 29.4 Å². The summed E-state index contributed by atoms with van der Waals surface area (Å²) in [5.74, 6) is 0. The number of nitrogens with zero attached hydrogens (tertiary/aromatic N) is 4. The summed E-state index contributed by atoms with van der Waals surface area (Å²) in [5, 5.41) is 10.3. The highest BCUT2D eigenvalue weighted by Crippen LogP contribution is 2.05. The van der Waals surface area contributed by atoms with Crippen molar-refractivity contribution in [2.75, 3.05) is 72.6 Å². The van der Waals surface area contributed by atoms with Gasteiger partial charge in [-0.2, -0.15) is 5.10 Å². The molecule has 1 aromatic carbocycles. The molecule has 0 amide bonds. The van der Waals surface area contributed by atoms with Crippen molar-refractivity contribution in [1.29, 1.82) is 0 Å². The van der Waals surface area contributed by atoms with E-state index in [1.54, 1.807) is 0 Å². The molecule has 2 aliphatic rings. The molecule has 26 heavy (non-hydrogen) atoms. The summed E-state index contributed by atoms with van der Waals surface area (Å²) in [6, 6.07) is 8.70. The fourth-order valence-corrected chi connectivity index (χ4v) is 3.27. The molecule has 1 N–H and O–H groups in total. The standard InChI is InChI=1S/C20H33N5O/c1-23-9-11-25(12-10-23)22-18-20-5-3-19(4-6-20)17-21-7-2-8-24-13-15-26-16-14-24/h3-6,18,21H,2,7-17H2,1H3. The third kappa shape index (κ3) is 6.68. The van der Waals surface area contributed by atoms with Crippen molar-refractivity contribution < 1.29 is 4.74 Å². The Morgan fingerprint density at radius 2 is 1.77 bits per heavy atom. The molecule has 2 aliphatic heterocycles. The minimum atomic E-state index is 0.887. The molecule has 0 radical (unpaired) electrons. The Morgan fingerprint density at radius 1 is 1.04 bits per heavy atom. The van der Waals surface area contributed by atoms with Crippen LogP contribution in [0.25, 0.3) is 0 Å². The van der Waals surface area contributed by atoms with Crippen LogP contribution in [-0.4, -0.2) is 93.6 Å². The molecule has 0 aromatic heterocycles. The van der Waals surface area contributed by atoms with Crippen LogP contribution in [0.4, 0.5) is 0 Å². The van der Waals surface area contributed by atoms with Crippen LogP contribution in [0.3, 0.4) is 0 Å². The smallest absolute Gasteiger partial charge is 0.0594 e. The van der Waals surface area contributed by atoms with E-state index in [4.69, 9.17) is 4.74 Å². The zero-order chi connectivity index (χ0) is 18.0. The second-order valence-corrected chi connectivity index (χ2v) is 7.23. The molecule has 6 nitrogen and oxygen atoms in total. The van der Waals surface area contributed by atoms with Crippen molar-refractivity contribution in [2.45, 2.75) is 13.0 Å². The highest BCUT2D eigenvalue weighted by Gasteiger charge is 2.11. The van der Waals surface area contributed by atoms with E-state index in [1.165, 1.54) is 17.5 Å². The minimum absolute atomic E-state index is 0.887. The lowest BCUT2D eigenvalue weighted by Gasteiger charge is -2.30. The topological polar surface area (TPSA) is 43.3 Å². The number of morpholine rings is 1. The van der Waals surface area contributed by atoms with Crippen LogP contribution >= 0.6 is 0 Å². The Labute approximate surface area is 157 Å². The monoisotopic (exact) mass is 359 g/mol. The molecule has 144 valence electrons. The molecule has 3 rings (SSSR count). The maximum Gasteiger partial charge on any atom is 0.0594 e. The van der Waals surface area contributed by atoms with Gasteiger partial charge >= 0.3 is 0 Å². The Bertz CT molecular complexity index is 534. The number of rotatable bonds is 8. The van der Waals surface area contributed by atoms with Crippen LogP contribution in [0.5, 0.6) is 0 Å².